The molecule has 1 aliphatic rings. The molecule has 0 saturated carbocycles. The van der Waals surface area contributed by atoms with Crippen molar-refractivity contribution in [3.8, 4) is 5.75 Å². The number of ether oxygens (including phenoxy) is 1. The smallest absolute Gasteiger partial charge is 0.341 e. The van der Waals surface area contributed by atoms with Crippen molar-refractivity contribution < 1.29 is 19.4 Å². The number of hydrogen-bond acceptors (Lipinski definition) is 4. The molecule has 1 N–H and O–H groups in total. The molecule has 29 heavy (non-hydrogen) atoms. The second-order valence-electron chi connectivity index (χ2n) is 7.02. The summed E-state index contributed by atoms with van der Waals surface area (Å²) in [7, 11) is 0. The van der Waals surface area contributed by atoms with Gasteiger partial charge < -0.3 is 19.6 Å². The van der Waals surface area contributed by atoms with E-state index in [9.17, 15) is 9.59 Å². The van der Waals surface area contributed by atoms with E-state index in [1.807, 2.05) is 65.6 Å². The minimum atomic E-state index is -1.00. The molecule has 0 radical (unpaired) electrons. The maximum absolute atomic E-state index is 12.9. The third kappa shape index (κ3) is 4.32. The highest BCUT2D eigenvalue weighted by Gasteiger charge is 2.22. The average Bonchev–Trinajstić information content (AvgIpc) is 2.77. The molecule has 1 aliphatic heterocycles. The number of hydrogen-bond donors (Lipinski definition) is 1. The summed E-state index contributed by atoms with van der Waals surface area (Å²) in [6.45, 7) is 2.32. The molecule has 3 aromatic rings. The Hall–Kier alpha value is -3.54. The van der Waals surface area contributed by atoms with Crippen LogP contribution in [0.5, 0.6) is 5.75 Å². The molecule has 0 aliphatic carbocycles. The zero-order valence-corrected chi connectivity index (χ0v) is 16.0. The van der Waals surface area contributed by atoms with Crippen LogP contribution < -0.4 is 9.64 Å². The zero-order valence-electron chi connectivity index (χ0n) is 16.0. The van der Waals surface area contributed by atoms with Gasteiger partial charge in [-0.25, -0.2) is 4.79 Å². The van der Waals surface area contributed by atoms with Crippen molar-refractivity contribution in [3.63, 3.8) is 0 Å². The lowest BCUT2D eigenvalue weighted by molar-refractivity contribution is -0.139. The number of anilines is 1. The number of piperazine rings is 1. The molecule has 1 amide bonds. The van der Waals surface area contributed by atoms with Gasteiger partial charge in [0.15, 0.2) is 6.61 Å². The van der Waals surface area contributed by atoms with E-state index in [0.29, 0.717) is 37.5 Å². The molecule has 148 valence electrons. The van der Waals surface area contributed by atoms with Crippen molar-refractivity contribution in [2.45, 2.75) is 0 Å². The molecule has 6 heteroatoms. The Morgan fingerprint density at radius 1 is 0.862 bits per heavy atom. The number of carbonyl (C=O) groups excluding carboxylic acids is 1. The van der Waals surface area contributed by atoms with Crippen molar-refractivity contribution in [2.75, 3.05) is 37.7 Å². The lowest BCUT2D eigenvalue weighted by Crippen LogP contribution is -2.48. The summed E-state index contributed by atoms with van der Waals surface area (Å²) in [5.74, 6) is -0.426. The van der Waals surface area contributed by atoms with Crippen LogP contribution in [0, 0.1) is 0 Å². The van der Waals surface area contributed by atoms with E-state index in [1.54, 1.807) is 6.07 Å². The standard InChI is InChI=1S/C23H22N2O4/c26-22(27)16-29-21-7-3-6-20(15-21)24-10-12-25(13-11-24)23(28)19-9-8-17-4-1-2-5-18(17)14-19/h1-9,14-15H,10-13,16H2,(H,26,27). The molecule has 0 bridgehead atoms. The highest BCUT2D eigenvalue weighted by atomic mass is 16.5. The van der Waals surface area contributed by atoms with Gasteiger partial charge in [0, 0.05) is 43.5 Å². The van der Waals surface area contributed by atoms with Gasteiger partial charge >= 0.3 is 5.97 Å². The predicted octanol–water partition coefficient (Wildman–Crippen LogP) is 3.27. The first-order valence-electron chi connectivity index (χ1n) is 9.58. The fourth-order valence-electron chi connectivity index (χ4n) is 3.59. The minimum Gasteiger partial charge on any atom is -0.482 e. The van der Waals surface area contributed by atoms with Crippen LogP contribution in [0.25, 0.3) is 10.8 Å². The van der Waals surface area contributed by atoms with E-state index in [1.165, 1.54) is 0 Å². The van der Waals surface area contributed by atoms with Gasteiger partial charge in [-0.05, 0) is 35.0 Å². The molecule has 3 aromatic carbocycles. The fourth-order valence-corrected chi connectivity index (χ4v) is 3.59. The number of carboxylic acid groups (broad SMARTS) is 1. The number of aliphatic carboxylic acids is 1. The Morgan fingerprint density at radius 2 is 1.62 bits per heavy atom. The quantitative estimate of drug-likeness (QED) is 0.724. The SMILES string of the molecule is O=C(O)COc1cccc(N2CCN(C(=O)c3ccc4ccccc4c3)CC2)c1. The van der Waals surface area contributed by atoms with Gasteiger partial charge in [-0.15, -0.1) is 0 Å². The van der Waals surface area contributed by atoms with E-state index in [0.717, 1.165) is 16.5 Å². The molecular weight excluding hydrogens is 368 g/mol. The van der Waals surface area contributed by atoms with Gasteiger partial charge in [0.2, 0.25) is 0 Å². The molecule has 1 fully saturated rings. The number of amides is 1. The molecule has 0 atom stereocenters. The van der Waals surface area contributed by atoms with Crippen LogP contribution in [0.4, 0.5) is 5.69 Å². The van der Waals surface area contributed by atoms with Crippen molar-refractivity contribution >= 4 is 28.3 Å². The summed E-state index contributed by atoms with van der Waals surface area (Å²) in [5.41, 5.74) is 1.67. The average molecular weight is 390 g/mol. The van der Waals surface area contributed by atoms with Crippen LogP contribution in [0.15, 0.2) is 66.7 Å². The summed E-state index contributed by atoms with van der Waals surface area (Å²) < 4.78 is 5.26. The predicted molar refractivity (Wildman–Crippen MR) is 112 cm³/mol. The lowest BCUT2D eigenvalue weighted by Gasteiger charge is -2.36. The van der Waals surface area contributed by atoms with Gasteiger partial charge in [0.25, 0.3) is 5.91 Å². The van der Waals surface area contributed by atoms with Crippen LogP contribution in [-0.2, 0) is 4.79 Å². The largest absolute Gasteiger partial charge is 0.482 e. The van der Waals surface area contributed by atoms with Crippen LogP contribution in [0.2, 0.25) is 0 Å². The first-order chi connectivity index (χ1) is 14.1. The number of carboxylic acids is 1. The second kappa shape index (κ2) is 8.22. The highest BCUT2D eigenvalue weighted by Crippen LogP contribution is 2.23. The summed E-state index contributed by atoms with van der Waals surface area (Å²) in [6.07, 6.45) is 0. The number of carbonyl (C=O) groups is 2. The summed E-state index contributed by atoms with van der Waals surface area (Å²) in [5, 5.41) is 10.9. The Balaban J connectivity index is 1.40. The molecular formula is C23H22N2O4. The molecule has 0 unspecified atom stereocenters. The summed E-state index contributed by atoms with van der Waals surface area (Å²) in [4.78, 5) is 27.7. The third-order valence-corrected chi connectivity index (χ3v) is 5.11. The molecule has 0 spiro atoms. The lowest BCUT2D eigenvalue weighted by atomic mass is 10.1. The summed E-state index contributed by atoms with van der Waals surface area (Å²) in [6, 6.07) is 21.2. The molecule has 0 aromatic heterocycles. The van der Waals surface area contributed by atoms with Gasteiger partial charge in [-0.3, -0.25) is 4.79 Å². The molecule has 1 heterocycles. The monoisotopic (exact) mass is 390 g/mol. The first-order valence-corrected chi connectivity index (χ1v) is 9.58. The van der Waals surface area contributed by atoms with E-state index in [2.05, 4.69) is 4.90 Å². The normalized spacial score (nSPS) is 14.1. The minimum absolute atomic E-state index is 0.0499. The van der Waals surface area contributed by atoms with E-state index in [4.69, 9.17) is 9.84 Å². The number of fused-ring (bicyclic) bond motifs is 1. The van der Waals surface area contributed by atoms with E-state index in [-0.39, 0.29) is 12.5 Å². The third-order valence-electron chi connectivity index (χ3n) is 5.11. The fraction of sp³-hybridized carbons (Fsp3) is 0.217. The maximum atomic E-state index is 12.9. The summed E-state index contributed by atoms with van der Waals surface area (Å²) >= 11 is 0. The van der Waals surface area contributed by atoms with Gasteiger partial charge in [-0.2, -0.15) is 0 Å². The Morgan fingerprint density at radius 3 is 2.38 bits per heavy atom. The van der Waals surface area contributed by atoms with Crippen molar-refractivity contribution in [3.05, 3.63) is 72.3 Å². The van der Waals surface area contributed by atoms with Crippen LogP contribution in [-0.4, -0.2) is 54.7 Å². The number of nitrogens with zero attached hydrogens (tertiary/aromatic N) is 2. The van der Waals surface area contributed by atoms with Crippen LogP contribution in [0.1, 0.15) is 10.4 Å². The highest BCUT2D eigenvalue weighted by molar-refractivity contribution is 5.98. The van der Waals surface area contributed by atoms with Crippen molar-refractivity contribution in [1.29, 1.82) is 0 Å². The van der Waals surface area contributed by atoms with Crippen molar-refractivity contribution in [1.82, 2.24) is 4.90 Å². The Bertz CT molecular complexity index is 1040. The number of benzene rings is 3. The van der Waals surface area contributed by atoms with Crippen molar-refractivity contribution in [2.24, 2.45) is 0 Å². The van der Waals surface area contributed by atoms with E-state index < -0.39 is 5.97 Å². The van der Waals surface area contributed by atoms with Gasteiger partial charge in [0.1, 0.15) is 5.75 Å². The Labute approximate surface area is 168 Å². The van der Waals surface area contributed by atoms with Crippen LogP contribution in [0.3, 0.4) is 0 Å². The zero-order chi connectivity index (χ0) is 20.2. The Kier molecular flexibility index (Phi) is 5.33. The molecule has 1 saturated heterocycles. The maximum Gasteiger partial charge on any atom is 0.341 e. The van der Waals surface area contributed by atoms with Gasteiger partial charge in [-0.1, -0.05) is 36.4 Å². The van der Waals surface area contributed by atoms with E-state index >= 15 is 0 Å². The first kappa shape index (κ1) is 18.8. The second-order valence-corrected chi connectivity index (χ2v) is 7.02. The topological polar surface area (TPSA) is 70.1 Å². The molecule has 4 rings (SSSR count). The molecule has 6 nitrogen and oxygen atoms in total. The van der Waals surface area contributed by atoms with Gasteiger partial charge in [0.05, 0.1) is 0 Å². The van der Waals surface area contributed by atoms with Crippen LogP contribution >= 0.6 is 0 Å². The number of rotatable bonds is 5.